The highest BCUT2D eigenvalue weighted by Crippen LogP contribution is 2.56. The van der Waals surface area contributed by atoms with Gasteiger partial charge in [0.15, 0.2) is 0 Å². The molecule has 1 heteroatoms. The smallest absolute Gasteiger partial charge is 0.132 e. The van der Waals surface area contributed by atoms with Gasteiger partial charge in [0.05, 0.1) is 5.41 Å². The zero-order valence-corrected chi connectivity index (χ0v) is 25.2. The Labute approximate surface area is 269 Å². The minimum Gasteiger partial charge on any atom is -0.457 e. The number of fused-ring (bicyclic) bond motifs is 5. The maximum atomic E-state index is 6.70. The van der Waals surface area contributed by atoms with E-state index in [2.05, 4.69) is 182 Å². The Balaban J connectivity index is 1.39. The first-order valence-electron chi connectivity index (χ1n) is 15.9. The first-order valence-corrected chi connectivity index (χ1v) is 15.9. The predicted molar refractivity (Wildman–Crippen MR) is 191 cm³/mol. The van der Waals surface area contributed by atoms with Crippen molar-refractivity contribution in [2.24, 2.45) is 0 Å². The molecular weight excluding hydrogens is 556 g/mol. The molecule has 1 aliphatic rings. The summed E-state index contributed by atoms with van der Waals surface area (Å²) in [5.74, 6) is 1.77. The fourth-order valence-corrected chi connectivity index (χ4v) is 7.62. The second-order valence-corrected chi connectivity index (χ2v) is 12.0. The van der Waals surface area contributed by atoms with E-state index in [0.717, 1.165) is 28.2 Å². The molecule has 1 nitrogen and oxygen atoms in total. The van der Waals surface area contributed by atoms with Gasteiger partial charge < -0.3 is 4.74 Å². The van der Waals surface area contributed by atoms with Crippen molar-refractivity contribution < 1.29 is 4.74 Å². The Kier molecular flexibility index (Phi) is 6.11. The molecule has 0 aromatic heterocycles. The Morgan fingerprint density at radius 1 is 0.370 bits per heavy atom. The third-order valence-electron chi connectivity index (χ3n) is 9.59. The van der Waals surface area contributed by atoms with Crippen LogP contribution in [-0.2, 0) is 5.41 Å². The van der Waals surface area contributed by atoms with Crippen LogP contribution in [0.5, 0.6) is 11.5 Å². The van der Waals surface area contributed by atoms with E-state index in [4.69, 9.17) is 4.74 Å². The second-order valence-electron chi connectivity index (χ2n) is 12.0. The van der Waals surface area contributed by atoms with E-state index in [1.165, 1.54) is 49.4 Å². The van der Waals surface area contributed by atoms with Crippen LogP contribution in [0.1, 0.15) is 22.3 Å². The first-order chi connectivity index (χ1) is 22.8. The van der Waals surface area contributed by atoms with Crippen molar-refractivity contribution in [1.82, 2.24) is 0 Å². The Hall–Kier alpha value is -5.92. The molecule has 0 N–H and O–H groups in total. The van der Waals surface area contributed by atoms with Crippen LogP contribution < -0.4 is 4.74 Å². The molecule has 8 aromatic carbocycles. The van der Waals surface area contributed by atoms with Crippen LogP contribution in [0.4, 0.5) is 0 Å². The highest BCUT2D eigenvalue weighted by atomic mass is 16.5. The number of para-hydroxylation sites is 1. The number of benzene rings is 8. The van der Waals surface area contributed by atoms with Gasteiger partial charge in [-0.25, -0.2) is 0 Å². The summed E-state index contributed by atoms with van der Waals surface area (Å²) in [6, 6.07) is 65.6. The summed E-state index contributed by atoms with van der Waals surface area (Å²) in [7, 11) is 0. The Morgan fingerprint density at radius 3 is 1.74 bits per heavy atom. The van der Waals surface area contributed by atoms with Crippen molar-refractivity contribution in [1.29, 1.82) is 0 Å². The van der Waals surface area contributed by atoms with Gasteiger partial charge in [-0.1, -0.05) is 158 Å². The van der Waals surface area contributed by atoms with Gasteiger partial charge in [-0.15, -0.1) is 0 Å². The van der Waals surface area contributed by atoms with E-state index < -0.39 is 5.41 Å². The van der Waals surface area contributed by atoms with E-state index in [-0.39, 0.29) is 0 Å². The van der Waals surface area contributed by atoms with Gasteiger partial charge in [-0.05, 0) is 79.2 Å². The Morgan fingerprint density at radius 2 is 0.978 bits per heavy atom. The zero-order valence-electron chi connectivity index (χ0n) is 25.2. The van der Waals surface area contributed by atoms with E-state index in [1.54, 1.807) is 0 Å². The van der Waals surface area contributed by atoms with Crippen molar-refractivity contribution in [3.05, 3.63) is 204 Å². The van der Waals surface area contributed by atoms with E-state index >= 15 is 0 Å². The maximum absolute atomic E-state index is 6.70. The number of hydrogen-bond acceptors (Lipinski definition) is 1. The largest absolute Gasteiger partial charge is 0.457 e. The van der Waals surface area contributed by atoms with Gasteiger partial charge in [0.2, 0.25) is 0 Å². The lowest BCUT2D eigenvalue weighted by molar-refractivity contribution is 0.434. The topological polar surface area (TPSA) is 9.23 Å². The van der Waals surface area contributed by atoms with Gasteiger partial charge in [0.25, 0.3) is 0 Å². The van der Waals surface area contributed by atoms with Crippen molar-refractivity contribution >= 4 is 21.5 Å². The van der Waals surface area contributed by atoms with Gasteiger partial charge in [-0.3, -0.25) is 0 Å². The molecule has 9 rings (SSSR count). The molecule has 8 aromatic rings. The lowest BCUT2D eigenvalue weighted by atomic mass is 9.63. The SMILES string of the molecule is c1ccc(-c2cc3ccccc3c3cccc(-c4ccc5c(c4)C(c4ccccc4)(c4ccccc4)c4ccccc4O5)c23)cc1. The molecule has 0 atom stereocenters. The molecule has 0 saturated heterocycles. The third kappa shape index (κ3) is 3.95. The summed E-state index contributed by atoms with van der Waals surface area (Å²) in [6.45, 7) is 0. The minimum atomic E-state index is -0.567. The van der Waals surface area contributed by atoms with E-state index in [0.29, 0.717) is 0 Å². The van der Waals surface area contributed by atoms with Crippen LogP contribution in [0.2, 0.25) is 0 Å². The summed E-state index contributed by atoms with van der Waals surface area (Å²) >= 11 is 0. The molecule has 1 aliphatic heterocycles. The van der Waals surface area contributed by atoms with Crippen LogP contribution in [-0.4, -0.2) is 0 Å². The number of hydrogen-bond donors (Lipinski definition) is 0. The Bertz CT molecular complexity index is 2330. The molecule has 0 amide bonds. The van der Waals surface area contributed by atoms with E-state index in [9.17, 15) is 0 Å². The molecule has 0 radical (unpaired) electrons. The number of rotatable bonds is 4. The van der Waals surface area contributed by atoms with E-state index in [1.807, 2.05) is 0 Å². The third-order valence-corrected chi connectivity index (χ3v) is 9.59. The second kappa shape index (κ2) is 10.6. The quantitative estimate of drug-likeness (QED) is 0.186. The molecule has 46 heavy (non-hydrogen) atoms. The normalized spacial score (nSPS) is 13.1. The standard InChI is InChI=1S/C45H30O/c1-4-15-31(16-5-1)39-29-32-17-10-11-22-36(32)38-24-14-23-37(44(38)39)33-27-28-43-41(30-33)45(34-18-6-2-7-19-34,35-20-8-3-9-21-35)40-25-12-13-26-42(40)46-43/h1-30H. The summed E-state index contributed by atoms with van der Waals surface area (Å²) in [4.78, 5) is 0. The number of ether oxygens (including phenoxy) is 1. The van der Waals surface area contributed by atoms with Gasteiger partial charge in [-0.2, -0.15) is 0 Å². The summed E-state index contributed by atoms with van der Waals surface area (Å²) in [5, 5.41) is 5.02. The monoisotopic (exact) mass is 586 g/mol. The lowest BCUT2D eigenvalue weighted by Gasteiger charge is -2.41. The summed E-state index contributed by atoms with van der Waals surface area (Å²) in [6.07, 6.45) is 0. The molecule has 0 spiro atoms. The molecule has 0 unspecified atom stereocenters. The van der Waals surface area contributed by atoms with Crippen LogP contribution >= 0.6 is 0 Å². The summed E-state index contributed by atoms with van der Waals surface area (Å²) < 4.78 is 6.70. The minimum absolute atomic E-state index is 0.567. The van der Waals surface area contributed by atoms with Crippen LogP contribution in [0, 0.1) is 0 Å². The highest BCUT2D eigenvalue weighted by molar-refractivity contribution is 6.18. The van der Waals surface area contributed by atoms with Gasteiger partial charge >= 0.3 is 0 Å². The van der Waals surface area contributed by atoms with Gasteiger partial charge in [0.1, 0.15) is 11.5 Å². The first kappa shape index (κ1) is 26.5. The van der Waals surface area contributed by atoms with Crippen molar-refractivity contribution in [2.45, 2.75) is 5.41 Å². The average molecular weight is 587 g/mol. The molecule has 0 fully saturated rings. The molecule has 1 heterocycles. The van der Waals surface area contributed by atoms with Crippen LogP contribution in [0.3, 0.4) is 0 Å². The van der Waals surface area contributed by atoms with Crippen molar-refractivity contribution in [2.75, 3.05) is 0 Å². The lowest BCUT2D eigenvalue weighted by Crippen LogP contribution is -2.34. The average Bonchev–Trinajstić information content (AvgIpc) is 3.14. The molecule has 0 aliphatic carbocycles. The zero-order chi connectivity index (χ0) is 30.5. The van der Waals surface area contributed by atoms with Crippen LogP contribution in [0.15, 0.2) is 182 Å². The summed E-state index contributed by atoms with van der Waals surface area (Å²) in [5.41, 5.74) is 8.96. The fourth-order valence-electron chi connectivity index (χ4n) is 7.62. The molecular formula is C45H30O. The fraction of sp³-hybridized carbons (Fsp3) is 0.0222. The molecule has 216 valence electrons. The van der Waals surface area contributed by atoms with Crippen molar-refractivity contribution in [3.8, 4) is 33.8 Å². The molecule has 0 bridgehead atoms. The van der Waals surface area contributed by atoms with Crippen molar-refractivity contribution in [3.63, 3.8) is 0 Å². The van der Waals surface area contributed by atoms with Crippen LogP contribution in [0.25, 0.3) is 43.8 Å². The maximum Gasteiger partial charge on any atom is 0.132 e. The highest BCUT2D eigenvalue weighted by Gasteiger charge is 2.45. The molecule has 0 saturated carbocycles. The predicted octanol–water partition coefficient (Wildman–Crippen LogP) is 11.8. The van der Waals surface area contributed by atoms with Gasteiger partial charge in [0, 0.05) is 11.1 Å².